The Labute approximate surface area is 129 Å². The second kappa shape index (κ2) is 5.40. The largest absolute Gasteiger partial charge is 0.298 e. The minimum Gasteiger partial charge on any atom is -0.298 e. The van der Waals surface area contributed by atoms with Crippen LogP contribution in [0.4, 0.5) is 5.13 Å². The van der Waals surface area contributed by atoms with Crippen LogP contribution in [0.25, 0.3) is 10.2 Å². The molecule has 3 aromatic rings. The molecule has 0 saturated heterocycles. The molecule has 3 rings (SSSR count). The smallest absolute Gasteiger partial charge is 0.257 e. The fourth-order valence-corrected chi connectivity index (χ4v) is 2.89. The van der Waals surface area contributed by atoms with Gasteiger partial charge >= 0.3 is 0 Å². The van der Waals surface area contributed by atoms with Gasteiger partial charge in [0.25, 0.3) is 5.91 Å². The highest BCUT2D eigenvalue weighted by Crippen LogP contribution is 2.27. The van der Waals surface area contributed by atoms with Crippen LogP contribution >= 0.6 is 34.5 Å². The van der Waals surface area contributed by atoms with Crippen LogP contribution in [0.5, 0.6) is 0 Å². The zero-order chi connectivity index (χ0) is 14.1. The van der Waals surface area contributed by atoms with Gasteiger partial charge in [-0.2, -0.15) is 0 Å². The summed E-state index contributed by atoms with van der Waals surface area (Å²) in [6.07, 6.45) is 0. The molecule has 100 valence electrons. The molecule has 1 N–H and O–H groups in total. The number of carbonyl (C=O) groups is 1. The second-order valence-corrected chi connectivity index (χ2v) is 5.91. The summed E-state index contributed by atoms with van der Waals surface area (Å²) in [6.45, 7) is 0. The van der Waals surface area contributed by atoms with Crippen LogP contribution in [0.1, 0.15) is 10.4 Å². The molecule has 1 aromatic heterocycles. The molecule has 2 aromatic carbocycles. The Morgan fingerprint density at radius 2 is 1.90 bits per heavy atom. The van der Waals surface area contributed by atoms with E-state index in [0.717, 1.165) is 10.2 Å². The van der Waals surface area contributed by atoms with Crippen molar-refractivity contribution in [2.24, 2.45) is 0 Å². The molecule has 0 unspecified atom stereocenters. The average molecular weight is 323 g/mol. The highest BCUT2D eigenvalue weighted by Gasteiger charge is 2.11. The third-order valence-electron chi connectivity index (χ3n) is 2.70. The Hall–Kier alpha value is -1.62. The van der Waals surface area contributed by atoms with Crippen LogP contribution < -0.4 is 5.32 Å². The number of thiazole rings is 1. The molecule has 3 nitrogen and oxygen atoms in total. The summed E-state index contributed by atoms with van der Waals surface area (Å²) in [4.78, 5) is 16.5. The number of benzene rings is 2. The minimum atomic E-state index is -0.261. The number of rotatable bonds is 2. The Morgan fingerprint density at radius 1 is 1.10 bits per heavy atom. The van der Waals surface area contributed by atoms with Gasteiger partial charge in [0.1, 0.15) is 0 Å². The molecule has 20 heavy (non-hydrogen) atoms. The number of carbonyl (C=O) groups excluding carboxylic acids is 1. The summed E-state index contributed by atoms with van der Waals surface area (Å²) in [5.41, 5.74) is 1.31. The van der Waals surface area contributed by atoms with Crippen molar-refractivity contribution >= 4 is 55.8 Å². The highest BCUT2D eigenvalue weighted by atomic mass is 35.5. The molecule has 0 aliphatic carbocycles. The first-order chi connectivity index (χ1) is 9.63. The van der Waals surface area contributed by atoms with Gasteiger partial charge in [0.05, 0.1) is 20.3 Å². The minimum absolute atomic E-state index is 0.261. The van der Waals surface area contributed by atoms with Crippen molar-refractivity contribution < 1.29 is 4.79 Å². The van der Waals surface area contributed by atoms with E-state index in [0.29, 0.717) is 20.7 Å². The topological polar surface area (TPSA) is 42.0 Å². The SMILES string of the molecule is O=C(Nc1nc2ccccc2s1)c1ccc(Cl)c(Cl)c1. The monoisotopic (exact) mass is 322 g/mol. The van der Waals surface area contributed by atoms with Crippen molar-refractivity contribution in [1.29, 1.82) is 0 Å². The lowest BCUT2D eigenvalue weighted by molar-refractivity contribution is 0.102. The number of nitrogens with one attached hydrogen (secondary N) is 1. The number of aromatic nitrogens is 1. The average Bonchev–Trinajstić information content (AvgIpc) is 2.83. The highest BCUT2D eigenvalue weighted by molar-refractivity contribution is 7.22. The van der Waals surface area contributed by atoms with Crippen molar-refractivity contribution in [3.63, 3.8) is 0 Å². The molecule has 0 radical (unpaired) electrons. The van der Waals surface area contributed by atoms with E-state index in [-0.39, 0.29) is 5.91 Å². The first kappa shape index (κ1) is 13.4. The predicted octanol–water partition coefficient (Wildman–Crippen LogP) is 4.86. The van der Waals surface area contributed by atoms with Gasteiger partial charge in [0.15, 0.2) is 5.13 Å². The number of hydrogen-bond donors (Lipinski definition) is 1. The van der Waals surface area contributed by atoms with Crippen molar-refractivity contribution in [3.8, 4) is 0 Å². The lowest BCUT2D eigenvalue weighted by Gasteiger charge is -2.02. The van der Waals surface area contributed by atoms with E-state index in [9.17, 15) is 4.79 Å². The normalized spacial score (nSPS) is 10.7. The number of halogens is 2. The Balaban J connectivity index is 1.86. The quantitative estimate of drug-likeness (QED) is 0.732. The van der Waals surface area contributed by atoms with Crippen LogP contribution in [0.2, 0.25) is 10.0 Å². The first-order valence-electron chi connectivity index (χ1n) is 5.75. The van der Waals surface area contributed by atoms with Gasteiger partial charge in [-0.15, -0.1) is 0 Å². The van der Waals surface area contributed by atoms with E-state index >= 15 is 0 Å². The molecular weight excluding hydrogens is 315 g/mol. The van der Waals surface area contributed by atoms with Gasteiger partial charge < -0.3 is 0 Å². The van der Waals surface area contributed by atoms with Gasteiger partial charge in [-0.05, 0) is 30.3 Å². The number of nitrogens with zero attached hydrogens (tertiary/aromatic N) is 1. The van der Waals surface area contributed by atoms with E-state index in [1.807, 2.05) is 24.3 Å². The molecule has 0 aliphatic rings. The van der Waals surface area contributed by atoms with E-state index in [1.165, 1.54) is 17.4 Å². The van der Waals surface area contributed by atoms with Crippen LogP contribution in [0.15, 0.2) is 42.5 Å². The number of hydrogen-bond acceptors (Lipinski definition) is 3. The zero-order valence-corrected chi connectivity index (χ0v) is 12.4. The molecule has 6 heteroatoms. The molecule has 0 bridgehead atoms. The lowest BCUT2D eigenvalue weighted by atomic mass is 10.2. The van der Waals surface area contributed by atoms with Crippen molar-refractivity contribution in [3.05, 3.63) is 58.1 Å². The van der Waals surface area contributed by atoms with Crippen molar-refractivity contribution in [2.75, 3.05) is 5.32 Å². The molecule has 0 atom stereocenters. The van der Waals surface area contributed by atoms with Crippen LogP contribution in [0.3, 0.4) is 0 Å². The third kappa shape index (κ3) is 2.63. The summed E-state index contributed by atoms with van der Waals surface area (Å²) in [6, 6.07) is 12.5. The molecule has 1 heterocycles. The maximum Gasteiger partial charge on any atom is 0.257 e. The molecule has 0 aliphatic heterocycles. The number of anilines is 1. The van der Waals surface area contributed by atoms with E-state index in [4.69, 9.17) is 23.2 Å². The third-order valence-corrected chi connectivity index (χ3v) is 4.39. The molecule has 0 fully saturated rings. The summed E-state index contributed by atoms with van der Waals surface area (Å²) < 4.78 is 1.02. The van der Waals surface area contributed by atoms with E-state index in [2.05, 4.69) is 10.3 Å². The van der Waals surface area contributed by atoms with Crippen LogP contribution in [0, 0.1) is 0 Å². The molecule has 0 saturated carbocycles. The predicted molar refractivity (Wildman–Crippen MR) is 84.0 cm³/mol. The van der Waals surface area contributed by atoms with Gasteiger partial charge in [-0.3, -0.25) is 10.1 Å². The molecule has 1 amide bonds. The number of fused-ring (bicyclic) bond motifs is 1. The summed E-state index contributed by atoms with van der Waals surface area (Å²) in [7, 11) is 0. The molecule has 0 spiro atoms. The van der Waals surface area contributed by atoms with Gasteiger partial charge in [0, 0.05) is 5.56 Å². The maximum atomic E-state index is 12.1. The summed E-state index contributed by atoms with van der Waals surface area (Å²) in [5.74, 6) is -0.261. The fraction of sp³-hybridized carbons (Fsp3) is 0. The maximum absolute atomic E-state index is 12.1. The number of amides is 1. The molecular formula is C14H8Cl2N2OS. The van der Waals surface area contributed by atoms with Crippen LogP contribution in [-0.2, 0) is 0 Å². The van der Waals surface area contributed by atoms with Gasteiger partial charge in [0.2, 0.25) is 0 Å². The Bertz CT molecular complexity index is 768. The van der Waals surface area contributed by atoms with Gasteiger partial charge in [-0.25, -0.2) is 4.98 Å². The van der Waals surface area contributed by atoms with E-state index in [1.54, 1.807) is 12.1 Å². The Morgan fingerprint density at radius 3 is 2.65 bits per heavy atom. The van der Waals surface area contributed by atoms with Gasteiger partial charge in [-0.1, -0.05) is 46.7 Å². The number of para-hydroxylation sites is 1. The fourth-order valence-electron chi connectivity index (χ4n) is 1.73. The first-order valence-corrected chi connectivity index (χ1v) is 7.33. The standard InChI is InChI=1S/C14H8Cl2N2OS/c15-9-6-5-8(7-10(9)16)13(19)18-14-17-11-3-1-2-4-12(11)20-14/h1-7H,(H,17,18,19). The van der Waals surface area contributed by atoms with Crippen molar-refractivity contribution in [2.45, 2.75) is 0 Å². The zero-order valence-electron chi connectivity index (χ0n) is 10.1. The van der Waals surface area contributed by atoms with Crippen LogP contribution in [-0.4, -0.2) is 10.9 Å². The van der Waals surface area contributed by atoms with Crippen molar-refractivity contribution in [1.82, 2.24) is 4.98 Å². The summed E-state index contributed by atoms with van der Waals surface area (Å²) >= 11 is 13.2. The van der Waals surface area contributed by atoms with E-state index < -0.39 is 0 Å². The summed E-state index contributed by atoms with van der Waals surface area (Å²) in [5, 5.41) is 4.09. The Kier molecular flexibility index (Phi) is 3.61. The lowest BCUT2D eigenvalue weighted by Crippen LogP contribution is -2.11. The second-order valence-electron chi connectivity index (χ2n) is 4.07.